The zero-order chi connectivity index (χ0) is 15.3. The number of hydrogen-bond donors (Lipinski definition) is 1. The first-order valence-corrected chi connectivity index (χ1v) is 8.48. The first-order chi connectivity index (χ1) is 9.94. The number of rotatable bonds is 5. The van der Waals surface area contributed by atoms with Gasteiger partial charge in [-0.05, 0) is 51.3 Å². The molecule has 2 nitrogen and oxygen atoms in total. The van der Waals surface area contributed by atoms with Crippen molar-refractivity contribution in [1.82, 2.24) is 5.32 Å². The van der Waals surface area contributed by atoms with Crippen LogP contribution in [0.1, 0.15) is 64.5 Å². The molecule has 1 N–H and O–H groups in total. The van der Waals surface area contributed by atoms with Crippen LogP contribution >= 0.6 is 11.6 Å². The first-order valence-electron chi connectivity index (χ1n) is 8.10. The van der Waals surface area contributed by atoms with Gasteiger partial charge >= 0.3 is 0 Å². The summed E-state index contributed by atoms with van der Waals surface area (Å²) in [5.74, 6) is 0. The van der Waals surface area contributed by atoms with Gasteiger partial charge in [-0.1, -0.05) is 43.0 Å². The molecule has 1 fully saturated rings. The summed E-state index contributed by atoms with van der Waals surface area (Å²) in [6.07, 6.45) is 6.77. The third-order valence-electron chi connectivity index (χ3n) is 3.95. The van der Waals surface area contributed by atoms with Crippen LogP contribution in [0.25, 0.3) is 0 Å². The van der Waals surface area contributed by atoms with E-state index in [9.17, 15) is 0 Å². The maximum Gasteiger partial charge on any atom is 0.0953 e. The van der Waals surface area contributed by atoms with E-state index < -0.39 is 0 Å². The Labute approximate surface area is 134 Å². The largest absolute Gasteiger partial charge is 0.369 e. The molecule has 1 unspecified atom stereocenters. The lowest BCUT2D eigenvalue weighted by molar-refractivity contribution is -0.0327. The van der Waals surface area contributed by atoms with Crippen molar-refractivity contribution in [3.05, 3.63) is 34.9 Å². The Bertz CT molecular complexity index is 435. The van der Waals surface area contributed by atoms with Crippen LogP contribution in [0, 0.1) is 0 Å². The molecule has 1 aliphatic rings. The standard InChI is InChI=1S/C18H28ClNO/c1-18(2,3)20-13-17(14-8-7-9-15(19)12-14)21-16-10-5-4-6-11-16/h7-9,12,16-17,20H,4-6,10-11,13H2,1-3H3. The predicted octanol–water partition coefficient (Wildman–Crippen LogP) is 5.12. The van der Waals surface area contributed by atoms with Crippen molar-refractivity contribution >= 4 is 11.6 Å². The molecule has 1 aromatic carbocycles. The fourth-order valence-electron chi connectivity index (χ4n) is 2.78. The summed E-state index contributed by atoms with van der Waals surface area (Å²) in [5, 5.41) is 4.34. The summed E-state index contributed by atoms with van der Waals surface area (Å²) in [6.45, 7) is 7.37. The van der Waals surface area contributed by atoms with Gasteiger partial charge in [-0.3, -0.25) is 0 Å². The molecule has 0 bridgehead atoms. The van der Waals surface area contributed by atoms with Crippen molar-refractivity contribution < 1.29 is 4.74 Å². The molecule has 0 amide bonds. The Morgan fingerprint density at radius 1 is 1.24 bits per heavy atom. The van der Waals surface area contributed by atoms with Crippen LogP contribution in [0.4, 0.5) is 0 Å². The minimum atomic E-state index is 0.0750. The Morgan fingerprint density at radius 2 is 1.95 bits per heavy atom. The van der Waals surface area contributed by atoms with E-state index in [0.717, 1.165) is 11.6 Å². The highest BCUT2D eigenvalue weighted by Gasteiger charge is 2.22. The molecule has 2 rings (SSSR count). The summed E-state index contributed by atoms with van der Waals surface area (Å²) in [5.41, 5.74) is 1.26. The van der Waals surface area contributed by atoms with Crippen molar-refractivity contribution in [3.63, 3.8) is 0 Å². The maximum absolute atomic E-state index is 6.41. The van der Waals surface area contributed by atoms with Crippen LogP contribution in [0.5, 0.6) is 0 Å². The van der Waals surface area contributed by atoms with Crippen molar-refractivity contribution in [2.24, 2.45) is 0 Å². The highest BCUT2D eigenvalue weighted by atomic mass is 35.5. The molecule has 1 aliphatic carbocycles. The van der Waals surface area contributed by atoms with Crippen LogP contribution in [-0.2, 0) is 4.74 Å². The third kappa shape index (κ3) is 5.98. The molecule has 0 aromatic heterocycles. The van der Waals surface area contributed by atoms with E-state index in [0.29, 0.717) is 6.10 Å². The molecule has 3 heteroatoms. The van der Waals surface area contributed by atoms with Gasteiger partial charge in [0.25, 0.3) is 0 Å². The van der Waals surface area contributed by atoms with E-state index in [1.807, 2.05) is 18.2 Å². The highest BCUT2D eigenvalue weighted by molar-refractivity contribution is 6.30. The second-order valence-electron chi connectivity index (χ2n) is 7.07. The smallest absolute Gasteiger partial charge is 0.0953 e. The monoisotopic (exact) mass is 309 g/mol. The van der Waals surface area contributed by atoms with Crippen molar-refractivity contribution in [2.75, 3.05) is 6.54 Å². The van der Waals surface area contributed by atoms with Gasteiger partial charge in [0.2, 0.25) is 0 Å². The zero-order valence-corrected chi connectivity index (χ0v) is 14.2. The summed E-state index contributed by atoms with van der Waals surface area (Å²) in [7, 11) is 0. The molecule has 0 aliphatic heterocycles. The quantitative estimate of drug-likeness (QED) is 0.815. The van der Waals surface area contributed by atoms with Crippen molar-refractivity contribution in [1.29, 1.82) is 0 Å². The van der Waals surface area contributed by atoms with Gasteiger partial charge in [-0.25, -0.2) is 0 Å². The molecular formula is C18H28ClNO. The van der Waals surface area contributed by atoms with Crippen LogP contribution in [0.15, 0.2) is 24.3 Å². The Hall–Kier alpha value is -0.570. The fraction of sp³-hybridized carbons (Fsp3) is 0.667. The zero-order valence-electron chi connectivity index (χ0n) is 13.5. The van der Waals surface area contributed by atoms with Crippen molar-refractivity contribution in [2.45, 2.75) is 70.6 Å². The van der Waals surface area contributed by atoms with E-state index in [4.69, 9.17) is 16.3 Å². The van der Waals surface area contributed by atoms with E-state index >= 15 is 0 Å². The Morgan fingerprint density at radius 3 is 2.57 bits per heavy atom. The van der Waals surface area contributed by atoms with Gasteiger partial charge in [0.15, 0.2) is 0 Å². The summed E-state index contributed by atoms with van der Waals surface area (Å²) in [4.78, 5) is 0. The van der Waals surface area contributed by atoms with Crippen LogP contribution in [0.3, 0.4) is 0 Å². The lowest BCUT2D eigenvalue weighted by Crippen LogP contribution is -2.40. The van der Waals surface area contributed by atoms with Gasteiger partial charge in [-0.2, -0.15) is 0 Å². The average molecular weight is 310 g/mol. The SMILES string of the molecule is CC(C)(C)NCC(OC1CCCCC1)c1cccc(Cl)c1. The van der Waals surface area contributed by atoms with Gasteiger partial charge in [-0.15, -0.1) is 0 Å². The van der Waals surface area contributed by atoms with E-state index in [1.165, 1.54) is 37.7 Å². The fourth-order valence-corrected chi connectivity index (χ4v) is 2.98. The minimum Gasteiger partial charge on any atom is -0.369 e. The molecule has 1 aromatic rings. The predicted molar refractivity (Wildman–Crippen MR) is 89.9 cm³/mol. The Kier molecular flexibility index (Phi) is 6.09. The van der Waals surface area contributed by atoms with Crippen LogP contribution in [0.2, 0.25) is 5.02 Å². The summed E-state index contributed by atoms with van der Waals surface area (Å²) >= 11 is 6.15. The molecule has 0 saturated heterocycles. The molecule has 21 heavy (non-hydrogen) atoms. The maximum atomic E-state index is 6.41. The highest BCUT2D eigenvalue weighted by Crippen LogP contribution is 2.28. The summed E-state index contributed by atoms with van der Waals surface area (Å²) in [6, 6.07) is 8.06. The number of benzene rings is 1. The third-order valence-corrected chi connectivity index (χ3v) is 4.18. The molecule has 1 saturated carbocycles. The minimum absolute atomic E-state index is 0.0750. The van der Waals surface area contributed by atoms with Gasteiger partial charge in [0.1, 0.15) is 0 Å². The number of nitrogens with one attached hydrogen (secondary N) is 1. The number of halogens is 1. The molecule has 0 radical (unpaired) electrons. The molecule has 0 heterocycles. The Balaban J connectivity index is 2.05. The lowest BCUT2D eigenvalue weighted by atomic mass is 9.97. The van der Waals surface area contributed by atoms with Gasteiger partial charge in [0.05, 0.1) is 12.2 Å². The number of ether oxygens (including phenoxy) is 1. The number of hydrogen-bond acceptors (Lipinski definition) is 2. The normalized spacial score (nSPS) is 18.7. The average Bonchev–Trinajstić information content (AvgIpc) is 2.43. The lowest BCUT2D eigenvalue weighted by Gasteiger charge is -2.30. The van der Waals surface area contributed by atoms with Crippen molar-refractivity contribution in [3.8, 4) is 0 Å². The van der Waals surface area contributed by atoms with Gasteiger partial charge < -0.3 is 10.1 Å². The van der Waals surface area contributed by atoms with E-state index in [2.05, 4.69) is 32.2 Å². The molecule has 118 valence electrons. The second-order valence-corrected chi connectivity index (χ2v) is 7.51. The topological polar surface area (TPSA) is 21.3 Å². The van der Waals surface area contributed by atoms with Gasteiger partial charge in [0, 0.05) is 17.1 Å². The van der Waals surface area contributed by atoms with Crippen LogP contribution < -0.4 is 5.32 Å². The second kappa shape index (κ2) is 7.62. The van der Waals surface area contributed by atoms with E-state index in [1.54, 1.807) is 0 Å². The molecular weight excluding hydrogens is 282 g/mol. The first kappa shape index (κ1) is 16.8. The molecule has 1 atom stereocenters. The van der Waals surface area contributed by atoms with E-state index in [-0.39, 0.29) is 11.6 Å². The van der Waals surface area contributed by atoms with Crippen LogP contribution in [-0.4, -0.2) is 18.2 Å². The summed E-state index contributed by atoms with van der Waals surface area (Å²) < 4.78 is 6.41. The molecule has 0 spiro atoms.